The number of carbonyl (C=O) groups excluding carboxylic acids is 1. The van der Waals surface area contributed by atoms with Gasteiger partial charge in [0.05, 0.1) is 6.54 Å². The number of benzene rings is 1. The molecule has 0 saturated carbocycles. The summed E-state index contributed by atoms with van der Waals surface area (Å²) in [5, 5.41) is 0. The third-order valence-corrected chi connectivity index (χ3v) is 5.64. The fourth-order valence-corrected chi connectivity index (χ4v) is 4.24. The number of carbonyl (C=O) groups is 1. The standard InChI is InChI=1S/C15H20N4O3S.ClH/c1-18(10-14(20)19-7-6-11(8-16)9-19)15-12-4-2-3-5-13(12)23(21,22)17-15;/h2-5,11H,6-10,16H2,1H3;1H. The molecule has 9 heteroatoms. The van der Waals surface area contributed by atoms with Crippen LogP contribution in [0.1, 0.15) is 12.0 Å². The molecule has 1 aromatic carbocycles. The van der Waals surface area contributed by atoms with Gasteiger partial charge in [-0.1, -0.05) is 12.1 Å². The van der Waals surface area contributed by atoms with Crippen LogP contribution in [0.5, 0.6) is 0 Å². The Morgan fingerprint density at radius 3 is 2.79 bits per heavy atom. The van der Waals surface area contributed by atoms with Crippen LogP contribution in [0.25, 0.3) is 0 Å². The van der Waals surface area contributed by atoms with Crippen LogP contribution in [0, 0.1) is 5.92 Å². The molecule has 2 heterocycles. The van der Waals surface area contributed by atoms with E-state index in [0.717, 1.165) is 6.42 Å². The predicted octanol–water partition coefficient (Wildman–Crippen LogP) is 0.296. The smallest absolute Gasteiger partial charge is 0.285 e. The molecule has 0 aliphatic carbocycles. The third kappa shape index (κ3) is 3.40. The van der Waals surface area contributed by atoms with E-state index < -0.39 is 10.0 Å². The van der Waals surface area contributed by atoms with Gasteiger partial charge in [-0.2, -0.15) is 8.42 Å². The minimum atomic E-state index is -3.66. The average Bonchev–Trinajstić information content (AvgIpc) is 3.11. The molecule has 0 bridgehead atoms. The summed E-state index contributed by atoms with van der Waals surface area (Å²) in [7, 11) is -1.98. The van der Waals surface area contributed by atoms with E-state index in [9.17, 15) is 13.2 Å². The number of likely N-dealkylation sites (tertiary alicyclic amines) is 1. The first-order valence-corrected chi connectivity index (χ1v) is 8.99. The van der Waals surface area contributed by atoms with Crippen molar-refractivity contribution in [3.8, 4) is 0 Å². The summed E-state index contributed by atoms with van der Waals surface area (Å²) < 4.78 is 28.0. The Labute approximate surface area is 148 Å². The van der Waals surface area contributed by atoms with Crippen LogP contribution in [-0.2, 0) is 14.8 Å². The molecule has 1 unspecified atom stereocenters. The van der Waals surface area contributed by atoms with Gasteiger partial charge in [0.1, 0.15) is 4.90 Å². The zero-order chi connectivity index (χ0) is 16.6. The lowest BCUT2D eigenvalue weighted by molar-refractivity contribution is -0.130. The first-order valence-electron chi connectivity index (χ1n) is 7.55. The van der Waals surface area contributed by atoms with E-state index in [1.165, 1.54) is 6.07 Å². The van der Waals surface area contributed by atoms with Crippen molar-refractivity contribution in [3.63, 3.8) is 0 Å². The highest BCUT2D eigenvalue weighted by Gasteiger charge is 2.32. The molecule has 0 radical (unpaired) electrons. The molecule has 24 heavy (non-hydrogen) atoms. The van der Waals surface area contributed by atoms with E-state index in [4.69, 9.17) is 5.73 Å². The van der Waals surface area contributed by atoms with Crippen LogP contribution >= 0.6 is 12.4 Å². The second-order valence-corrected chi connectivity index (χ2v) is 7.54. The molecule has 3 rings (SSSR count). The van der Waals surface area contributed by atoms with Crippen LogP contribution in [0.4, 0.5) is 0 Å². The lowest BCUT2D eigenvalue weighted by Gasteiger charge is -2.23. The summed E-state index contributed by atoms with van der Waals surface area (Å²) >= 11 is 0. The number of hydrogen-bond donors (Lipinski definition) is 1. The number of likely N-dealkylation sites (N-methyl/N-ethyl adjacent to an activating group) is 1. The summed E-state index contributed by atoms with van der Waals surface area (Å²) in [6, 6.07) is 6.66. The number of nitrogens with two attached hydrogens (primary N) is 1. The maximum atomic E-state index is 12.4. The number of sulfonamides is 1. The Hall–Kier alpha value is -1.64. The molecule has 1 amide bonds. The Balaban J connectivity index is 0.00000208. The van der Waals surface area contributed by atoms with Crippen LogP contribution < -0.4 is 5.73 Å². The second kappa shape index (κ2) is 7.08. The van der Waals surface area contributed by atoms with E-state index in [0.29, 0.717) is 37.0 Å². The Morgan fingerprint density at radius 1 is 1.42 bits per heavy atom. The monoisotopic (exact) mass is 372 g/mol. The zero-order valence-electron chi connectivity index (χ0n) is 13.4. The Bertz CT molecular complexity index is 766. The lowest BCUT2D eigenvalue weighted by atomic mass is 10.1. The van der Waals surface area contributed by atoms with Crippen LogP contribution in [0.2, 0.25) is 0 Å². The van der Waals surface area contributed by atoms with Gasteiger partial charge in [0, 0.05) is 25.7 Å². The van der Waals surface area contributed by atoms with Gasteiger partial charge in [0.15, 0.2) is 5.84 Å². The molecular weight excluding hydrogens is 352 g/mol. The summed E-state index contributed by atoms with van der Waals surface area (Å²) in [5.41, 5.74) is 6.19. The number of rotatable bonds is 3. The number of nitrogens with zero attached hydrogens (tertiary/aromatic N) is 3. The van der Waals surface area contributed by atoms with Crippen LogP contribution in [0.3, 0.4) is 0 Å². The van der Waals surface area contributed by atoms with E-state index in [1.807, 2.05) is 0 Å². The molecule has 0 aromatic heterocycles. The van der Waals surface area contributed by atoms with Gasteiger partial charge in [-0.25, -0.2) is 0 Å². The highest BCUT2D eigenvalue weighted by atomic mass is 35.5. The first-order chi connectivity index (χ1) is 10.9. The highest BCUT2D eigenvalue weighted by molar-refractivity contribution is 7.90. The van der Waals surface area contributed by atoms with Crippen molar-refractivity contribution in [1.29, 1.82) is 0 Å². The van der Waals surface area contributed by atoms with Crippen molar-refractivity contribution in [2.24, 2.45) is 16.0 Å². The molecule has 1 aromatic rings. The summed E-state index contributed by atoms with van der Waals surface area (Å²) in [4.78, 5) is 16.0. The van der Waals surface area contributed by atoms with Gasteiger partial charge >= 0.3 is 0 Å². The van der Waals surface area contributed by atoms with Crippen molar-refractivity contribution in [1.82, 2.24) is 9.80 Å². The largest absolute Gasteiger partial charge is 0.349 e. The summed E-state index contributed by atoms with van der Waals surface area (Å²) in [6.45, 7) is 2.05. The number of amidine groups is 1. The molecule has 2 N–H and O–H groups in total. The quantitative estimate of drug-likeness (QED) is 0.823. The van der Waals surface area contributed by atoms with Crippen LogP contribution in [0.15, 0.2) is 33.6 Å². The van der Waals surface area contributed by atoms with E-state index in [-0.39, 0.29) is 29.8 Å². The summed E-state index contributed by atoms with van der Waals surface area (Å²) in [6.07, 6.45) is 0.921. The second-order valence-electron chi connectivity index (χ2n) is 5.97. The van der Waals surface area contributed by atoms with Gasteiger partial charge in [0.25, 0.3) is 10.0 Å². The molecule has 2 aliphatic rings. The molecule has 7 nitrogen and oxygen atoms in total. The van der Waals surface area contributed by atoms with Gasteiger partial charge in [-0.05, 0) is 31.0 Å². The molecule has 1 saturated heterocycles. The molecule has 1 fully saturated rings. The normalized spacial score (nSPS) is 21.0. The van der Waals surface area contributed by atoms with Crippen molar-refractivity contribution < 1.29 is 13.2 Å². The van der Waals surface area contributed by atoms with E-state index >= 15 is 0 Å². The maximum absolute atomic E-state index is 12.4. The van der Waals surface area contributed by atoms with Crippen molar-refractivity contribution in [2.75, 3.05) is 33.2 Å². The van der Waals surface area contributed by atoms with Gasteiger partial charge < -0.3 is 15.5 Å². The molecule has 132 valence electrons. The van der Waals surface area contributed by atoms with Gasteiger partial charge in [-0.3, -0.25) is 4.79 Å². The van der Waals surface area contributed by atoms with Crippen molar-refractivity contribution in [2.45, 2.75) is 11.3 Å². The third-order valence-electron chi connectivity index (χ3n) is 4.32. The number of fused-ring (bicyclic) bond motifs is 1. The first kappa shape index (κ1) is 18.7. The minimum Gasteiger partial charge on any atom is -0.349 e. The fraction of sp³-hybridized carbons (Fsp3) is 0.467. The van der Waals surface area contributed by atoms with Crippen LogP contribution in [-0.4, -0.2) is 63.2 Å². The summed E-state index contributed by atoms with van der Waals surface area (Å²) in [5.74, 6) is 0.644. The lowest BCUT2D eigenvalue weighted by Crippen LogP contribution is -2.40. The van der Waals surface area contributed by atoms with Crippen molar-refractivity contribution in [3.05, 3.63) is 29.8 Å². The molecule has 2 aliphatic heterocycles. The Kier molecular flexibility index (Phi) is 5.52. The molecule has 0 spiro atoms. The highest BCUT2D eigenvalue weighted by Crippen LogP contribution is 2.27. The SMILES string of the molecule is CN(CC(=O)N1CCC(CN)C1)C1=NS(=O)(=O)c2ccccc21.Cl. The number of hydrogen-bond acceptors (Lipinski definition) is 5. The topological polar surface area (TPSA) is 96.1 Å². The maximum Gasteiger partial charge on any atom is 0.285 e. The predicted molar refractivity (Wildman–Crippen MR) is 93.8 cm³/mol. The zero-order valence-corrected chi connectivity index (χ0v) is 15.0. The average molecular weight is 373 g/mol. The van der Waals surface area contributed by atoms with Gasteiger partial charge in [-0.15, -0.1) is 16.8 Å². The van der Waals surface area contributed by atoms with E-state index in [1.54, 1.807) is 35.0 Å². The van der Waals surface area contributed by atoms with Crippen molar-refractivity contribution >= 4 is 34.2 Å². The number of halogens is 1. The molecular formula is C15H21ClN4O3S. The number of amides is 1. The molecule has 1 atom stereocenters. The fourth-order valence-electron chi connectivity index (χ4n) is 2.99. The van der Waals surface area contributed by atoms with Gasteiger partial charge in [0.2, 0.25) is 5.91 Å². The minimum absolute atomic E-state index is 0. The van der Waals surface area contributed by atoms with E-state index in [2.05, 4.69) is 4.40 Å². The Morgan fingerprint density at radius 2 is 2.12 bits per heavy atom.